The molecule has 2 aromatic rings. The number of benzene rings is 1. The zero-order valence-electron chi connectivity index (χ0n) is 11.5. The summed E-state index contributed by atoms with van der Waals surface area (Å²) >= 11 is 0. The fourth-order valence-corrected chi connectivity index (χ4v) is 1.80. The Labute approximate surface area is 116 Å². The molecule has 0 aliphatic carbocycles. The zero-order valence-corrected chi connectivity index (χ0v) is 11.5. The second-order valence-corrected chi connectivity index (χ2v) is 4.52. The molecule has 0 saturated carbocycles. The summed E-state index contributed by atoms with van der Waals surface area (Å²) in [6.45, 7) is 2.62. The van der Waals surface area contributed by atoms with E-state index in [0.717, 1.165) is 16.8 Å². The molecule has 0 bridgehead atoms. The molecule has 0 saturated heterocycles. The van der Waals surface area contributed by atoms with Gasteiger partial charge in [0.15, 0.2) is 0 Å². The van der Waals surface area contributed by atoms with Gasteiger partial charge >= 0.3 is 0 Å². The van der Waals surface area contributed by atoms with Gasteiger partial charge in [0.25, 0.3) is 0 Å². The minimum Gasteiger partial charge on any atom is -0.378 e. The van der Waals surface area contributed by atoms with Crippen molar-refractivity contribution in [1.29, 1.82) is 0 Å². The van der Waals surface area contributed by atoms with Crippen LogP contribution in [0.15, 0.2) is 30.6 Å². The van der Waals surface area contributed by atoms with Gasteiger partial charge in [0.2, 0.25) is 5.91 Å². The summed E-state index contributed by atoms with van der Waals surface area (Å²) in [4.78, 5) is 11.2. The van der Waals surface area contributed by atoms with E-state index in [4.69, 9.17) is 0 Å². The van der Waals surface area contributed by atoms with E-state index in [1.807, 2.05) is 6.92 Å². The normalized spacial score (nSPS) is 10.3. The lowest BCUT2D eigenvalue weighted by atomic mass is 10.1. The van der Waals surface area contributed by atoms with Crippen molar-refractivity contribution < 1.29 is 9.18 Å². The molecule has 1 heterocycles. The number of aryl methyl sites for hydroxylation is 1. The first-order valence-electron chi connectivity index (χ1n) is 6.30. The van der Waals surface area contributed by atoms with Gasteiger partial charge in [0, 0.05) is 19.8 Å². The molecule has 6 heteroatoms. The molecule has 1 aromatic heterocycles. The van der Waals surface area contributed by atoms with Crippen molar-refractivity contribution in [1.82, 2.24) is 15.1 Å². The monoisotopic (exact) mass is 276 g/mol. The topological polar surface area (TPSA) is 59.0 Å². The molecule has 0 aliphatic rings. The van der Waals surface area contributed by atoms with Gasteiger partial charge in [-0.25, -0.2) is 4.39 Å². The predicted molar refractivity (Wildman–Crippen MR) is 74.8 cm³/mol. The van der Waals surface area contributed by atoms with Crippen LogP contribution >= 0.6 is 0 Å². The molecule has 106 valence electrons. The maximum absolute atomic E-state index is 13.2. The highest BCUT2D eigenvalue weighted by Crippen LogP contribution is 2.13. The highest BCUT2D eigenvalue weighted by molar-refractivity contribution is 5.75. The van der Waals surface area contributed by atoms with Gasteiger partial charge in [-0.05, 0) is 30.2 Å². The number of carbonyl (C=O) groups excluding carboxylic acids is 1. The standard InChI is InChI=1S/C14H17FN4O/c1-10-3-4-12(15)5-11(10)6-17-13-7-18-19(8-13)9-14(20)16-2/h3-5,7-8,17H,6,9H2,1-2H3,(H,16,20). The van der Waals surface area contributed by atoms with Crippen molar-refractivity contribution in [3.05, 3.63) is 47.5 Å². The number of halogens is 1. The number of hydrogen-bond acceptors (Lipinski definition) is 3. The summed E-state index contributed by atoms with van der Waals surface area (Å²) in [5, 5.41) is 9.77. The molecule has 1 amide bonds. The predicted octanol–water partition coefficient (Wildman–Crippen LogP) is 1.69. The summed E-state index contributed by atoms with van der Waals surface area (Å²) in [6, 6.07) is 4.71. The van der Waals surface area contributed by atoms with E-state index in [1.165, 1.54) is 12.1 Å². The number of nitrogens with one attached hydrogen (secondary N) is 2. The van der Waals surface area contributed by atoms with E-state index in [-0.39, 0.29) is 18.3 Å². The molecule has 5 nitrogen and oxygen atoms in total. The van der Waals surface area contributed by atoms with E-state index in [0.29, 0.717) is 6.54 Å². The molecule has 2 rings (SSSR count). The van der Waals surface area contributed by atoms with Crippen molar-refractivity contribution in [3.63, 3.8) is 0 Å². The quantitative estimate of drug-likeness (QED) is 0.873. The van der Waals surface area contributed by atoms with Gasteiger partial charge < -0.3 is 10.6 Å². The van der Waals surface area contributed by atoms with Crippen LogP contribution in [-0.2, 0) is 17.9 Å². The van der Waals surface area contributed by atoms with Gasteiger partial charge in [0.1, 0.15) is 12.4 Å². The Morgan fingerprint density at radius 2 is 2.25 bits per heavy atom. The maximum Gasteiger partial charge on any atom is 0.241 e. The van der Waals surface area contributed by atoms with Crippen molar-refractivity contribution in [3.8, 4) is 0 Å². The van der Waals surface area contributed by atoms with Gasteiger partial charge in [-0.15, -0.1) is 0 Å². The van der Waals surface area contributed by atoms with Crippen LogP contribution in [0.5, 0.6) is 0 Å². The van der Waals surface area contributed by atoms with Crippen LogP contribution in [0.3, 0.4) is 0 Å². The molecule has 0 radical (unpaired) electrons. The van der Waals surface area contributed by atoms with Crippen molar-refractivity contribution >= 4 is 11.6 Å². The van der Waals surface area contributed by atoms with Crippen LogP contribution in [-0.4, -0.2) is 22.7 Å². The van der Waals surface area contributed by atoms with Gasteiger partial charge in [0.05, 0.1) is 11.9 Å². The summed E-state index contributed by atoms with van der Waals surface area (Å²) < 4.78 is 14.7. The fraction of sp³-hybridized carbons (Fsp3) is 0.286. The Morgan fingerprint density at radius 1 is 1.45 bits per heavy atom. The first kappa shape index (κ1) is 14.0. The second kappa shape index (κ2) is 6.18. The molecule has 20 heavy (non-hydrogen) atoms. The van der Waals surface area contributed by atoms with E-state index in [2.05, 4.69) is 15.7 Å². The number of anilines is 1. The Bertz CT molecular complexity index is 609. The highest BCUT2D eigenvalue weighted by atomic mass is 19.1. The van der Waals surface area contributed by atoms with E-state index >= 15 is 0 Å². The average Bonchev–Trinajstić information content (AvgIpc) is 2.87. The lowest BCUT2D eigenvalue weighted by molar-refractivity contribution is -0.121. The molecule has 0 unspecified atom stereocenters. The van der Waals surface area contributed by atoms with Crippen molar-refractivity contribution in [2.45, 2.75) is 20.0 Å². The van der Waals surface area contributed by atoms with Crippen LogP contribution < -0.4 is 10.6 Å². The molecule has 0 atom stereocenters. The number of carbonyl (C=O) groups is 1. The molecular weight excluding hydrogens is 259 g/mol. The summed E-state index contributed by atoms with van der Waals surface area (Å²) in [5.41, 5.74) is 2.71. The van der Waals surface area contributed by atoms with Crippen LogP contribution in [0.2, 0.25) is 0 Å². The first-order valence-corrected chi connectivity index (χ1v) is 6.30. The minimum atomic E-state index is -0.247. The summed E-state index contributed by atoms with van der Waals surface area (Å²) in [5.74, 6) is -0.358. The number of rotatable bonds is 5. The highest BCUT2D eigenvalue weighted by Gasteiger charge is 2.04. The van der Waals surface area contributed by atoms with Gasteiger partial charge in [-0.2, -0.15) is 5.10 Å². The third-order valence-corrected chi connectivity index (χ3v) is 3.01. The third kappa shape index (κ3) is 3.57. The Morgan fingerprint density at radius 3 is 3.00 bits per heavy atom. The lowest BCUT2D eigenvalue weighted by Gasteiger charge is -2.07. The molecular formula is C14H17FN4O. The molecule has 2 N–H and O–H groups in total. The Hall–Kier alpha value is -2.37. The number of aromatic nitrogens is 2. The van der Waals surface area contributed by atoms with E-state index in [9.17, 15) is 9.18 Å². The van der Waals surface area contributed by atoms with Crippen molar-refractivity contribution in [2.24, 2.45) is 0 Å². The zero-order chi connectivity index (χ0) is 14.5. The van der Waals surface area contributed by atoms with E-state index < -0.39 is 0 Å². The molecule has 0 fully saturated rings. The number of amides is 1. The number of likely N-dealkylation sites (N-methyl/N-ethyl adjacent to an activating group) is 1. The molecule has 0 aliphatic heterocycles. The largest absolute Gasteiger partial charge is 0.378 e. The fourth-order valence-electron chi connectivity index (χ4n) is 1.80. The van der Waals surface area contributed by atoms with Crippen LogP contribution in [0.1, 0.15) is 11.1 Å². The lowest BCUT2D eigenvalue weighted by Crippen LogP contribution is -2.23. The maximum atomic E-state index is 13.2. The Balaban J connectivity index is 1.97. The second-order valence-electron chi connectivity index (χ2n) is 4.52. The van der Waals surface area contributed by atoms with Crippen molar-refractivity contribution in [2.75, 3.05) is 12.4 Å². The van der Waals surface area contributed by atoms with Crippen LogP contribution in [0.4, 0.5) is 10.1 Å². The minimum absolute atomic E-state index is 0.111. The Kier molecular flexibility index (Phi) is 4.34. The smallest absolute Gasteiger partial charge is 0.241 e. The van der Waals surface area contributed by atoms with Gasteiger partial charge in [-0.3, -0.25) is 9.48 Å². The van der Waals surface area contributed by atoms with Crippen LogP contribution in [0.25, 0.3) is 0 Å². The SMILES string of the molecule is CNC(=O)Cn1cc(NCc2cc(F)ccc2C)cn1. The van der Waals surface area contributed by atoms with E-state index in [1.54, 1.807) is 30.2 Å². The summed E-state index contributed by atoms with van der Waals surface area (Å²) in [6.07, 6.45) is 3.38. The van der Waals surface area contributed by atoms with Crippen LogP contribution in [0, 0.1) is 12.7 Å². The first-order chi connectivity index (χ1) is 9.58. The number of hydrogen-bond donors (Lipinski definition) is 2. The average molecular weight is 276 g/mol. The van der Waals surface area contributed by atoms with Gasteiger partial charge in [-0.1, -0.05) is 6.07 Å². The summed E-state index contributed by atoms with van der Waals surface area (Å²) in [7, 11) is 1.58. The number of nitrogens with zero attached hydrogens (tertiary/aromatic N) is 2. The third-order valence-electron chi connectivity index (χ3n) is 3.01. The molecule has 0 spiro atoms. The molecule has 1 aromatic carbocycles.